The molecule has 3 amide bonds. The maximum Gasteiger partial charge on any atom is 0.408 e. The van der Waals surface area contributed by atoms with Crippen molar-refractivity contribution in [3.05, 3.63) is 70.8 Å². The third kappa shape index (κ3) is 11.4. The number of nitrogens with zero attached hydrogens (tertiary/aromatic N) is 1. The van der Waals surface area contributed by atoms with Crippen LogP contribution in [0.1, 0.15) is 89.1 Å². The molecule has 1 aliphatic rings. The van der Waals surface area contributed by atoms with Gasteiger partial charge in [-0.2, -0.15) is 11.8 Å². The zero-order valence-electron chi connectivity index (χ0n) is 28.8. The van der Waals surface area contributed by atoms with Crippen molar-refractivity contribution in [2.24, 2.45) is 0 Å². The van der Waals surface area contributed by atoms with Crippen molar-refractivity contribution < 1.29 is 28.7 Å². The van der Waals surface area contributed by atoms with Crippen LogP contribution in [0.15, 0.2) is 48.5 Å². The van der Waals surface area contributed by atoms with Crippen LogP contribution in [0.25, 0.3) is 0 Å². The van der Waals surface area contributed by atoms with Gasteiger partial charge in [0.1, 0.15) is 29.3 Å². The number of nitrogens with one attached hydrogen (secondary N) is 2. The first kappa shape index (κ1) is 36.9. The molecule has 0 saturated heterocycles. The quantitative estimate of drug-likeness (QED) is 0.253. The third-order valence-corrected chi connectivity index (χ3v) is 7.98. The van der Waals surface area contributed by atoms with E-state index >= 15 is 0 Å². The molecular formula is C36H51N3O6S. The van der Waals surface area contributed by atoms with Crippen molar-refractivity contribution in [1.82, 2.24) is 15.5 Å². The molecular weight excluding hydrogens is 602 g/mol. The van der Waals surface area contributed by atoms with Crippen LogP contribution >= 0.6 is 11.8 Å². The lowest BCUT2D eigenvalue weighted by molar-refractivity contribution is -0.159. The summed E-state index contributed by atoms with van der Waals surface area (Å²) in [6.45, 7) is 14.5. The van der Waals surface area contributed by atoms with Gasteiger partial charge in [-0.3, -0.25) is 9.59 Å². The minimum Gasteiger partial charge on any atom is -0.458 e. The van der Waals surface area contributed by atoms with E-state index in [1.54, 1.807) is 58.2 Å². The third-order valence-electron chi connectivity index (χ3n) is 7.33. The summed E-state index contributed by atoms with van der Waals surface area (Å²) >= 11 is 1.56. The summed E-state index contributed by atoms with van der Waals surface area (Å²) < 4.78 is 11.2. The Morgan fingerprint density at radius 2 is 1.52 bits per heavy atom. The van der Waals surface area contributed by atoms with Crippen LogP contribution in [0.3, 0.4) is 0 Å². The van der Waals surface area contributed by atoms with Gasteiger partial charge in [0.05, 0.1) is 0 Å². The fourth-order valence-corrected chi connectivity index (χ4v) is 5.68. The first-order chi connectivity index (χ1) is 21.5. The van der Waals surface area contributed by atoms with Gasteiger partial charge in [-0.25, -0.2) is 9.59 Å². The van der Waals surface area contributed by atoms with E-state index in [9.17, 15) is 19.2 Å². The van der Waals surface area contributed by atoms with Gasteiger partial charge in [0.2, 0.25) is 11.8 Å². The number of amides is 3. The smallest absolute Gasteiger partial charge is 0.408 e. The molecule has 2 aromatic carbocycles. The van der Waals surface area contributed by atoms with E-state index in [1.807, 2.05) is 68.6 Å². The van der Waals surface area contributed by atoms with E-state index < -0.39 is 47.3 Å². The molecule has 3 unspecified atom stereocenters. The molecule has 0 bridgehead atoms. The van der Waals surface area contributed by atoms with Gasteiger partial charge in [0, 0.05) is 12.5 Å². The summed E-state index contributed by atoms with van der Waals surface area (Å²) in [5.74, 6) is -0.791. The number of carbonyl (C=O) groups excluding carboxylic acids is 4. The Hall–Kier alpha value is -3.53. The molecule has 1 aliphatic carbocycles. The summed E-state index contributed by atoms with van der Waals surface area (Å²) in [4.78, 5) is 57.0. The Bertz CT molecular complexity index is 1360. The lowest BCUT2D eigenvalue weighted by Gasteiger charge is -2.36. The number of carbonyl (C=O) groups is 4. The van der Waals surface area contributed by atoms with E-state index in [4.69, 9.17) is 9.47 Å². The number of aryl methyl sites for hydroxylation is 2. The Morgan fingerprint density at radius 3 is 2.07 bits per heavy atom. The predicted octanol–water partition coefficient (Wildman–Crippen LogP) is 6.05. The Kier molecular flexibility index (Phi) is 12.7. The number of esters is 1. The molecule has 0 spiro atoms. The van der Waals surface area contributed by atoms with E-state index in [1.165, 1.54) is 0 Å². The molecule has 0 radical (unpaired) electrons. The van der Waals surface area contributed by atoms with Crippen LogP contribution in [0, 0.1) is 13.8 Å². The SMILES string of the molecule is CSCCC(NC(=O)OC(C)(C)C)C(=O)N(C1CC1)C(C(=O)NC(Cc1ccccc1)C(=O)OC(C)(C)C)c1ccc(C)cc1C. The summed E-state index contributed by atoms with van der Waals surface area (Å²) in [5, 5.41) is 5.76. The number of thioether (sulfide) groups is 1. The Balaban J connectivity index is 2.05. The normalized spacial score (nSPS) is 15.2. The minimum absolute atomic E-state index is 0.199. The second-order valence-corrected chi connectivity index (χ2v) is 15.0. The molecule has 0 aromatic heterocycles. The summed E-state index contributed by atoms with van der Waals surface area (Å²) in [7, 11) is 0. The molecule has 2 aromatic rings. The molecule has 0 aliphatic heterocycles. The maximum atomic E-state index is 14.5. The van der Waals surface area contributed by atoms with Crippen molar-refractivity contribution in [3.8, 4) is 0 Å². The molecule has 3 rings (SSSR count). The van der Waals surface area contributed by atoms with Crippen molar-refractivity contribution in [2.75, 3.05) is 12.0 Å². The summed E-state index contributed by atoms with van der Waals surface area (Å²) in [6, 6.07) is 12.0. The number of ether oxygens (including phenoxy) is 2. The zero-order valence-corrected chi connectivity index (χ0v) is 29.6. The molecule has 0 heterocycles. The number of hydrogen-bond donors (Lipinski definition) is 2. The van der Waals surface area contributed by atoms with Crippen LogP contribution in [-0.2, 0) is 30.3 Å². The molecule has 9 nitrogen and oxygen atoms in total. The van der Waals surface area contributed by atoms with Crippen LogP contribution in [0.5, 0.6) is 0 Å². The minimum atomic E-state index is -1.04. The summed E-state index contributed by atoms with van der Waals surface area (Å²) in [5.41, 5.74) is 1.87. The number of benzene rings is 2. The first-order valence-corrected chi connectivity index (χ1v) is 17.3. The van der Waals surface area contributed by atoms with Gasteiger partial charge in [-0.05, 0) is 103 Å². The van der Waals surface area contributed by atoms with Crippen LogP contribution in [0.2, 0.25) is 0 Å². The van der Waals surface area contributed by atoms with Gasteiger partial charge >= 0.3 is 12.1 Å². The van der Waals surface area contributed by atoms with Crippen LogP contribution < -0.4 is 10.6 Å². The highest BCUT2D eigenvalue weighted by Gasteiger charge is 2.45. The van der Waals surface area contributed by atoms with Crippen molar-refractivity contribution >= 4 is 35.6 Å². The maximum absolute atomic E-state index is 14.5. The fraction of sp³-hybridized carbons (Fsp3) is 0.556. The van der Waals surface area contributed by atoms with E-state index in [0.29, 0.717) is 17.7 Å². The number of alkyl carbamates (subject to hydrolysis) is 1. The van der Waals surface area contributed by atoms with Crippen molar-refractivity contribution in [2.45, 2.75) is 116 Å². The van der Waals surface area contributed by atoms with Gasteiger partial charge in [0.15, 0.2) is 0 Å². The molecule has 3 atom stereocenters. The molecule has 2 N–H and O–H groups in total. The first-order valence-electron chi connectivity index (χ1n) is 15.9. The highest BCUT2D eigenvalue weighted by molar-refractivity contribution is 7.98. The average Bonchev–Trinajstić information content (AvgIpc) is 3.77. The summed E-state index contributed by atoms with van der Waals surface area (Å²) in [6.07, 6.45) is 3.27. The number of hydrogen-bond acceptors (Lipinski definition) is 7. The largest absolute Gasteiger partial charge is 0.458 e. The number of rotatable bonds is 13. The van der Waals surface area contributed by atoms with Crippen LogP contribution in [0.4, 0.5) is 4.79 Å². The fourth-order valence-electron chi connectivity index (χ4n) is 5.21. The van der Waals surface area contributed by atoms with Gasteiger partial charge < -0.3 is 25.0 Å². The topological polar surface area (TPSA) is 114 Å². The monoisotopic (exact) mass is 653 g/mol. The van der Waals surface area contributed by atoms with E-state index in [0.717, 1.165) is 29.5 Å². The van der Waals surface area contributed by atoms with Gasteiger partial charge in [0.25, 0.3) is 0 Å². The molecule has 1 saturated carbocycles. The van der Waals surface area contributed by atoms with Gasteiger partial charge in [-0.15, -0.1) is 0 Å². The lowest BCUT2D eigenvalue weighted by atomic mass is 9.95. The molecule has 252 valence electrons. The van der Waals surface area contributed by atoms with E-state index in [-0.39, 0.29) is 18.4 Å². The van der Waals surface area contributed by atoms with E-state index in [2.05, 4.69) is 10.6 Å². The highest BCUT2D eigenvalue weighted by atomic mass is 32.2. The predicted molar refractivity (Wildman–Crippen MR) is 183 cm³/mol. The average molecular weight is 654 g/mol. The zero-order chi connectivity index (χ0) is 34.2. The Morgan fingerprint density at radius 1 is 0.891 bits per heavy atom. The molecule has 1 fully saturated rings. The Labute approximate surface area is 278 Å². The highest BCUT2D eigenvalue weighted by Crippen LogP contribution is 2.37. The van der Waals surface area contributed by atoms with Crippen LogP contribution in [-0.4, -0.2) is 70.1 Å². The van der Waals surface area contributed by atoms with Crippen molar-refractivity contribution in [3.63, 3.8) is 0 Å². The standard InChI is InChI=1S/C36H51N3O6S/c1-23-15-18-27(24(2)21-23)30(31(40)37-29(33(42)44-35(3,4)5)22-25-13-11-10-12-14-25)39(26-16-17-26)32(41)28(19-20-46-9)38-34(43)45-36(6,7)8/h10-15,18,21,26,28-30H,16-17,19-20,22H2,1-9H3,(H,37,40)(H,38,43). The molecule has 10 heteroatoms. The lowest BCUT2D eigenvalue weighted by Crippen LogP contribution is -2.55. The van der Waals surface area contributed by atoms with Crippen molar-refractivity contribution in [1.29, 1.82) is 0 Å². The molecule has 46 heavy (non-hydrogen) atoms. The second kappa shape index (κ2) is 15.8. The second-order valence-electron chi connectivity index (χ2n) is 14.0. The van der Waals surface area contributed by atoms with Gasteiger partial charge in [-0.1, -0.05) is 54.1 Å².